The second-order valence-corrected chi connectivity index (χ2v) is 10.6. The minimum Gasteiger partial charge on any atom is -0.550 e. The number of carboxylic acid groups (broad SMARTS) is 1. The first-order valence-corrected chi connectivity index (χ1v) is 12.6. The Kier molecular flexibility index (Phi) is 8.98. The van der Waals surface area contributed by atoms with Gasteiger partial charge in [-0.2, -0.15) is 0 Å². The fraction of sp³-hybridized carbons (Fsp3) is 0.385. The molecule has 2 aromatic rings. The summed E-state index contributed by atoms with van der Waals surface area (Å²) in [5.74, 6) is -1.71. The fourth-order valence-electron chi connectivity index (χ4n) is 3.77. The number of benzene rings is 2. The summed E-state index contributed by atoms with van der Waals surface area (Å²) in [6.45, 7) is 4.99. The number of urea groups is 1. The van der Waals surface area contributed by atoms with E-state index in [4.69, 9.17) is 4.74 Å². The van der Waals surface area contributed by atoms with Crippen LogP contribution in [0.5, 0.6) is 0 Å². The standard InChI is InChI=1S/C26H31N3O6S/c1-26(2,3)35-24(33)20-16-36-22(13-17-8-5-4-6-9-17)29(20)21(30)15-27-25(34)28-19-11-7-10-18(12-19)14-23(31)32/h4-12,20,22H,13-16H2,1-3H3,(H,31,32)(H2,27,28,34)/p-1. The van der Waals surface area contributed by atoms with E-state index in [0.717, 1.165) is 5.56 Å². The van der Waals surface area contributed by atoms with Crippen molar-refractivity contribution < 1.29 is 29.0 Å². The Hall–Kier alpha value is -3.53. The van der Waals surface area contributed by atoms with E-state index in [1.807, 2.05) is 30.3 Å². The van der Waals surface area contributed by atoms with Crippen molar-refractivity contribution >= 4 is 41.3 Å². The van der Waals surface area contributed by atoms with E-state index in [1.165, 1.54) is 22.7 Å². The molecule has 192 valence electrons. The molecule has 10 heteroatoms. The molecule has 2 N–H and O–H groups in total. The van der Waals surface area contributed by atoms with Crippen molar-refractivity contribution in [2.45, 2.75) is 50.6 Å². The molecular weight excluding hydrogens is 482 g/mol. The number of ether oxygens (including phenoxy) is 1. The third-order valence-corrected chi connectivity index (χ3v) is 6.53. The Morgan fingerprint density at radius 2 is 1.75 bits per heavy atom. The third kappa shape index (κ3) is 8.01. The van der Waals surface area contributed by atoms with Crippen LogP contribution in [0.4, 0.5) is 10.5 Å². The van der Waals surface area contributed by atoms with Gasteiger partial charge in [-0.15, -0.1) is 11.8 Å². The van der Waals surface area contributed by atoms with Gasteiger partial charge < -0.3 is 30.2 Å². The van der Waals surface area contributed by atoms with Crippen LogP contribution in [0, 0.1) is 0 Å². The fourth-order valence-corrected chi connectivity index (χ4v) is 5.21. The van der Waals surface area contributed by atoms with Gasteiger partial charge in [0.25, 0.3) is 0 Å². The zero-order valence-corrected chi connectivity index (χ0v) is 21.3. The Bertz CT molecular complexity index is 1100. The van der Waals surface area contributed by atoms with Crippen molar-refractivity contribution in [3.8, 4) is 0 Å². The molecule has 0 aliphatic carbocycles. The normalized spacial score (nSPS) is 17.4. The third-order valence-electron chi connectivity index (χ3n) is 5.25. The quantitative estimate of drug-likeness (QED) is 0.518. The van der Waals surface area contributed by atoms with Crippen LogP contribution >= 0.6 is 11.8 Å². The molecule has 2 aromatic carbocycles. The number of nitrogens with zero attached hydrogens (tertiary/aromatic N) is 1. The highest BCUT2D eigenvalue weighted by molar-refractivity contribution is 8.00. The first-order valence-electron chi connectivity index (χ1n) is 11.5. The van der Waals surface area contributed by atoms with E-state index in [1.54, 1.807) is 39.0 Å². The maximum atomic E-state index is 13.2. The zero-order valence-electron chi connectivity index (χ0n) is 20.5. The lowest BCUT2D eigenvalue weighted by Crippen LogP contribution is -2.51. The van der Waals surface area contributed by atoms with Gasteiger partial charge in [-0.3, -0.25) is 4.79 Å². The molecule has 0 bridgehead atoms. The first-order chi connectivity index (χ1) is 17.0. The molecule has 2 atom stereocenters. The minimum absolute atomic E-state index is 0.281. The molecule has 1 aliphatic rings. The Balaban J connectivity index is 1.67. The minimum atomic E-state index is -1.23. The van der Waals surface area contributed by atoms with E-state index < -0.39 is 35.5 Å². The van der Waals surface area contributed by atoms with Crippen molar-refractivity contribution in [2.24, 2.45) is 0 Å². The van der Waals surface area contributed by atoms with Crippen molar-refractivity contribution in [1.29, 1.82) is 0 Å². The molecule has 0 radical (unpaired) electrons. The summed E-state index contributed by atoms with van der Waals surface area (Å²) in [6, 6.07) is 14.6. The lowest BCUT2D eigenvalue weighted by Gasteiger charge is -2.30. The summed E-state index contributed by atoms with van der Waals surface area (Å²) in [5, 5.41) is 15.6. The monoisotopic (exact) mass is 512 g/mol. The van der Waals surface area contributed by atoms with Crippen LogP contribution < -0.4 is 15.7 Å². The molecule has 1 saturated heterocycles. The van der Waals surface area contributed by atoms with Crippen LogP contribution in [0.1, 0.15) is 31.9 Å². The first kappa shape index (κ1) is 27.1. The number of carboxylic acids is 1. The number of hydrogen-bond donors (Lipinski definition) is 2. The molecule has 3 amide bonds. The number of thioether (sulfide) groups is 1. The molecular formula is C26H30N3O6S-. The van der Waals surface area contributed by atoms with Gasteiger partial charge in [0.1, 0.15) is 11.6 Å². The van der Waals surface area contributed by atoms with E-state index in [2.05, 4.69) is 10.6 Å². The highest BCUT2D eigenvalue weighted by Gasteiger charge is 2.43. The highest BCUT2D eigenvalue weighted by Crippen LogP contribution is 2.33. The van der Waals surface area contributed by atoms with Gasteiger partial charge in [0.15, 0.2) is 0 Å². The van der Waals surface area contributed by atoms with Crippen LogP contribution in [-0.2, 0) is 32.0 Å². The van der Waals surface area contributed by atoms with Crippen molar-refractivity contribution in [3.05, 3.63) is 65.7 Å². The van der Waals surface area contributed by atoms with E-state index in [0.29, 0.717) is 23.4 Å². The summed E-state index contributed by atoms with van der Waals surface area (Å²) >= 11 is 1.50. The molecule has 3 rings (SSSR count). The second-order valence-electron chi connectivity index (χ2n) is 9.38. The van der Waals surface area contributed by atoms with Crippen LogP contribution in [0.2, 0.25) is 0 Å². The molecule has 1 heterocycles. The maximum Gasteiger partial charge on any atom is 0.330 e. The van der Waals surface area contributed by atoms with Gasteiger partial charge in [-0.1, -0.05) is 42.5 Å². The van der Waals surface area contributed by atoms with Crippen LogP contribution in [0.15, 0.2) is 54.6 Å². The lowest BCUT2D eigenvalue weighted by molar-refractivity contribution is -0.304. The van der Waals surface area contributed by atoms with Crippen LogP contribution in [0.25, 0.3) is 0 Å². The molecule has 1 fully saturated rings. The van der Waals surface area contributed by atoms with Gasteiger partial charge in [0, 0.05) is 30.3 Å². The molecule has 0 saturated carbocycles. The number of carbonyl (C=O) groups excluding carboxylic acids is 4. The van der Waals surface area contributed by atoms with Crippen LogP contribution in [-0.4, -0.2) is 58.1 Å². The number of amides is 3. The van der Waals surface area contributed by atoms with E-state index in [9.17, 15) is 24.3 Å². The zero-order chi connectivity index (χ0) is 26.3. The van der Waals surface area contributed by atoms with Crippen molar-refractivity contribution in [3.63, 3.8) is 0 Å². The molecule has 9 nitrogen and oxygen atoms in total. The number of nitrogens with one attached hydrogen (secondary N) is 2. The average molecular weight is 513 g/mol. The smallest absolute Gasteiger partial charge is 0.330 e. The average Bonchev–Trinajstić information content (AvgIpc) is 3.20. The summed E-state index contributed by atoms with van der Waals surface area (Å²) in [4.78, 5) is 50.9. The predicted molar refractivity (Wildman–Crippen MR) is 135 cm³/mol. The van der Waals surface area contributed by atoms with Gasteiger partial charge in [-0.25, -0.2) is 9.59 Å². The van der Waals surface area contributed by atoms with Gasteiger partial charge in [-0.05, 0) is 44.0 Å². The predicted octanol–water partition coefficient (Wildman–Crippen LogP) is 1.95. The van der Waals surface area contributed by atoms with Crippen molar-refractivity contribution in [2.75, 3.05) is 17.6 Å². The number of rotatable bonds is 8. The molecule has 0 spiro atoms. The maximum absolute atomic E-state index is 13.2. The number of hydrogen-bond acceptors (Lipinski definition) is 7. The van der Waals surface area contributed by atoms with Gasteiger partial charge in [0.2, 0.25) is 5.91 Å². The summed E-state index contributed by atoms with van der Waals surface area (Å²) in [6.07, 6.45) is 0.269. The summed E-state index contributed by atoms with van der Waals surface area (Å²) in [7, 11) is 0. The SMILES string of the molecule is CC(C)(C)OC(=O)C1CSC(Cc2ccccc2)N1C(=O)CNC(=O)Nc1cccc(CC(=O)[O-])c1. The second kappa shape index (κ2) is 11.9. The highest BCUT2D eigenvalue weighted by atomic mass is 32.2. The number of esters is 1. The van der Waals surface area contributed by atoms with Gasteiger partial charge in [0.05, 0.1) is 11.9 Å². The molecule has 36 heavy (non-hydrogen) atoms. The Labute approximate surface area is 214 Å². The molecule has 2 unspecified atom stereocenters. The largest absolute Gasteiger partial charge is 0.550 e. The topological polar surface area (TPSA) is 128 Å². The molecule has 1 aliphatic heterocycles. The number of anilines is 1. The number of aliphatic carboxylic acids is 1. The Morgan fingerprint density at radius 1 is 1.06 bits per heavy atom. The summed E-state index contributed by atoms with van der Waals surface area (Å²) in [5.41, 5.74) is 1.18. The lowest BCUT2D eigenvalue weighted by atomic mass is 10.1. The Morgan fingerprint density at radius 3 is 2.42 bits per heavy atom. The van der Waals surface area contributed by atoms with Crippen molar-refractivity contribution in [1.82, 2.24) is 10.2 Å². The molecule has 0 aromatic heterocycles. The number of carbonyl (C=O) groups is 4. The van der Waals surface area contributed by atoms with E-state index >= 15 is 0 Å². The van der Waals surface area contributed by atoms with Gasteiger partial charge >= 0.3 is 12.0 Å². The van der Waals surface area contributed by atoms with Crippen LogP contribution in [0.3, 0.4) is 0 Å². The summed E-state index contributed by atoms with van der Waals surface area (Å²) < 4.78 is 5.55. The van der Waals surface area contributed by atoms with E-state index in [-0.39, 0.29) is 18.3 Å².